The van der Waals surface area contributed by atoms with E-state index in [0.29, 0.717) is 85.6 Å². The number of piperazine rings is 1. The molecule has 1 saturated heterocycles. The number of ether oxygens (including phenoxy) is 2. The van der Waals surface area contributed by atoms with E-state index in [1.165, 1.54) is 35.9 Å². The summed E-state index contributed by atoms with van der Waals surface area (Å²) in [6.07, 6.45) is 8.28. The standard InChI is InChI=1S/C35H32F2N10O4S/c1-44-20-24(16-42-44)31(48)43-32-28(14-38)27-8-9-47(21-29(27)52-32)35-40-17-26(18-41-35)50-30-7-4-23(15-39-30)33(49)46-12-10-45(11-13-46)19-22-2-5-25(6-3-22)51-34(36)37/h2-7,15-18,20,34H,8-13,19,21H2,1H3,(H,43,48). The number of carbonyl (C=O) groups excluding carboxylic acids is 2. The van der Waals surface area contributed by atoms with Gasteiger partial charge in [0.25, 0.3) is 11.8 Å². The molecule has 7 rings (SSSR count). The molecule has 5 aromatic rings. The minimum atomic E-state index is -2.86. The third kappa shape index (κ3) is 7.82. The van der Waals surface area contributed by atoms with Crippen molar-refractivity contribution in [2.24, 2.45) is 7.05 Å². The summed E-state index contributed by atoms with van der Waals surface area (Å²) >= 11 is 1.37. The summed E-state index contributed by atoms with van der Waals surface area (Å²) in [5, 5.41) is 17.3. The summed E-state index contributed by atoms with van der Waals surface area (Å²) in [6.45, 7) is 1.29. The van der Waals surface area contributed by atoms with Gasteiger partial charge in [-0.1, -0.05) is 12.1 Å². The number of thiophene rings is 1. The van der Waals surface area contributed by atoms with Crippen molar-refractivity contribution >= 4 is 34.1 Å². The molecule has 2 aliphatic heterocycles. The van der Waals surface area contributed by atoms with Gasteiger partial charge in [0.1, 0.15) is 16.8 Å². The number of hydrogen-bond acceptors (Lipinski definition) is 12. The van der Waals surface area contributed by atoms with Gasteiger partial charge < -0.3 is 24.6 Å². The molecule has 52 heavy (non-hydrogen) atoms. The highest BCUT2D eigenvalue weighted by Gasteiger charge is 2.27. The Kier molecular flexibility index (Phi) is 10.00. The van der Waals surface area contributed by atoms with E-state index in [0.717, 1.165) is 16.0 Å². The predicted molar refractivity (Wildman–Crippen MR) is 186 cm³/mol. The number of aryl methyl sites for hydroxylation is 1. The molecular formula is C35H32F2N10O4S. The van der Waals surface area contributed by atoms with Crippen LogP contribution in [0.5, 0.6) is 17.4 Å². The Labute approximate surface area is 300 Å². The molecule has 0 radical (unpaired) electrons. The van der Waals surface area contributed by atoms with E-state index >= 15 is 0 Å². The van der Waals surface area contributed by atoms with Crippen molar-refractivity contribution in [3.63, 3.8) is 0 Å². The number of benzene rings is 1. The molecule has 1 N–H and O–H groups in total. The van der Waals surface area contributed by atoms with E-state index in [-0.39, 0.29) is 23.4 Å². The van der Waals surface area contributed by atoms with Gasteiger partial charge in [0.15, 0.2) is 5.75 Å². The quantitative estimate of drug-likeness (QED) is 0.213. The van der Waals surface area contributed by atoms with E-state index in [1.54, 1.807) is 59.5 Å². The minimum absolute atomic E-state index is 0.121. The van der Waals surface area contributed by atoms with Gasteiger partial charge in [-0.05, 0) is 35.7 Å². The molecule has 4 aromatic heterocycles. The number of hydrogen-bond donors (Lipinski definition) is 1. The SMILES string of the molecule is Cn1cc(C(=O)Nc2sc3c(c2C#N)CCN(c2ncc(Oc4ccc(C(=O)N5CCN(Cc6ccc(OC(F)F)cc6)CC5)cn4)cn2)C3)cn1. The summed E-state index contributed by atoms with van der Waals surface area (Å²) in [6, 6.07) is 12.1. The molecule has 0 spiro atoms. The molecule has 2 aliphatic rings. The van der Waals surface area contributed by atoms with Crippen LogP contribution in [0.15, 0.2) is 67.4 Å². The fraction of sp³-hybridized carbons (Fsp3) is 0.286. The maximum Gasteiger partial charge on any atom is 0.387 e. The second-order valence-electron chi connectivity index (χ2n) is 12.1. The van der Waals surface area contributed by atoms with Crippen molar-refractivity contribution in [2.75, 3.05) is 42.9 Å². The fourth-order valence-electron chi connectivity index (χ4n) is 6.03. The van der Waals surface area contributed by atoms with Crippen LogP contribution in [0, 0.1) is 11.3 Å². The number of rotatable bonds is 10. The molecule has 14 nitrogen and oxygen atoms in total. The van der Waals surface area contributed by atoms with E-state index in [1.807, 2.05) is 4.90 Å². The topological polar surface area (TPSA) is 155 Å². The molecule has 1 fully saturated rings. The summed E-state index contributed by atoms with van der Waals surface area (Å²) in [7, 11) is 1.73. The predicted octanol–water partition coefficient (Wildman–Crippen LogP) is 4.70. The number of fused-ring (bicyclic) bond motifs is 1. The van der Waals surface area contributed by atoms with Crippen LogP contribution in [-0.2, 0) is 26.6 Å². The minimum Gasteiger partial charge on any atom is -0.436 e. The lowest BCUT2D eigenvalue weighted by atomic mass is 10.0. The van der Waals surface area contributed by atoms with Crippen molar-refractivity contribution in [1.29, 1.82) is 5.26 Å². The van der Waals surface area contributed by atoms with Gasteiger partial charge in [-0.3, -0.25) is 19.2 Å². The molecule has 0 saturated carbocycles. The lowest BCUT2D eigenvalue weighted by molar-refractivity contribution is -0.0498. The maximum absolute atomic E-state index is 13.2. The first kappa shape index (κ1) is 34.5. The van der Waals surface area contributed by atoms with Crippen molar-refractivity contribution < 1.29 is 27.8 Å². The number of pyridine rings is 1. The number of carbonyl (C=O) groups is 2. The number of anilines is 2. The first-order valence-corrected chi connectivity index (χ1v) is 17.1. The molecule has 0 unspecified atom stereocenters. The second-order valence-corrected chi connectivity index (χ2v) is 13.2. The van der Waals surface area contributed by atoms with Gasteiger partial charge >= 0.3 is 6.61 Å². The smallest absolute Gasteiger partial charge is 0.387 e. The van der Waals surface area contributed by atoms with Crippen LogP contribution < -0.4 is 19.7 Å². The van der Waals surface area contributed by atoms with Crippen molar-refractivity contribution in [3.8, 4) is 23.4 Å². The van der Waals surface area contributed by atoms with Gasteiger partial charge in [0, 0.05) is 69.7 Å². The summed E-state index contributed by atoms with van der Waals surface area (Å²) < 4.78 is 36.6. The van der Waals surface area contributed by atoms with Crippen molar-refractivity contribution in [3.05, 3.63) is 100 Å². The second kappa shape index (κ2) is 15.1. The van der Waals surface area contributed by atoms with E-state index in [4.69, 9.17) is 4.74 Å². The number of aromatic nitrogens is 5. The van der Waals surface area contributed by atoms with E-state index in [2.05, 4.69) is 41.1 Å². The van der Waals surface area contributed by atoms with Gasteiger partial charge in [-0.25, -0.2) is 15.0 Å². The summed E-state index contributed by atoms with van der Waals surface area (Å²) in [4.78, 5) is 46.1. The van der Waals surface area contributed by atoms with E-state index in [9.17, 15) is 23.6 Å². The van der Waals surface area contributed by atoms with Crippen LogP contribution in [0.25, 0.3) is 0 Å². The first-order valence-electron chi connectivity index (χ1n) is 16.3. The Morgan fingerprint density at radius 3 is 2.38 bits per heavy atom. The lowest BCUT2D eigenvalue weighted by Gasteiger charge is -2.34. The fourth-order valence-corrected chi connectivity index (χ4v) is 7.24. The molecule has 2 amide bonds. The molecule has 266 valence electrons. The van der Waals surface area contributed by atoms with Gasteiger partial charge in [0.2, 0.25) is 11.8 Å². The highest BCUT2D eigenvalue weighted by atomic mass is 32.1. The number of nitriles is 1. The Balaban J connectivity index is 0.900. The number of nitrogens with one attached hydrogen (secondary N) is 1. The van der Waals surface area contributed by atoms with Crippen LogP contribution in [0.1, 0.15) is 42.3 Å². The molecule has 0 atom stereocenters. The first-order chi connectivity index (χ1) is 25.2. The molecular weight excluding hydrogens is 695 g/mol. The number of amides is 2. The monoisotopic (exact) mass is 726 g/mol. The highest BCUT2D eigenvalue weighted by Crippen LogP contribution is 2.37. The highest BCUT2D eigenvalue weighted by molar-refractivity contribution is 7.16. The zero-order valence-electron chi connectivity index (χ0n) is 27.9. The maximum atomic E-state index is 13.2. The number of alkyl halides is 2. The summed E-state index contributed by atoms with van der Waals surface area (Å²) in [5.74, 6) is 0.834. The number of halogens is 2. The van der Waals surface area contributed by atoms with E-state index < -0.39 is 6.61 Å². The zero-order valence-corrected chi connectivity index (χ0v) is 28.7. The van der Waals surface area contributed by atoms with Crippen LogP contribution in [-0.4, -0.2) is 85.7 Å². The molecule has 6 heterocycles. The van der Waals surface area contributed by atoms with Gasteiger partial charge in [-0.15, -0.1) is 11.3 Å². The number of nitrogens with zero attached hydrogens (tertiary/aromatic N) is 9. The van der Waals surface area contributed by atoms with Crippen LogP contribution >= 0.6 is 11.3 Å². The third-order valence-corrected chi connectivity index (χ3v) is 9.81. The third-order valence-electron chi connectivity index (χ3n) is 8.68. The van der Waals surface area contributed by atoms with Gasteiger partial charge in [0.05, 0.1) is 41.8 Å². The normalized spacial score (nSPS) is 14.5. The van der Waals surface area contributed by atoms with Crippen molar-refractivity contribution in [2.45, 2.75) is 26.1 Å². The average molecular weight is 727 g/mol. The largest absolute Gasteiger partial charge is 0.436 e. The van der Waals surface area contributed by atoms with Crippen LogP contribution in [0.4, 0.5) is 19.7 Å². The Morgan fingerprint density at radius 1 is 0.962 bits per heavy atom. The molecule has 17 heteroatoms. The lowest BCUT2D eigenvalue weighted by Crippen LogP contribution is -2.48. The van der Waals surface area contributed by atoms with Crippen LogP contribution in [0.3, 0.4) is 0 Å². The molecule has 0 aliphatic carbocycles. The van der Waals surface area contributed by atoms with Crippen molar-refractivity contribution in [1.82, 2.24) is 34.5 Å². The molecule has 0 bridgehead atoms. The molecule has 1 aromatic carbocycles. The van der Waals surface area contributed by atoms with Gasteiger partial charge in [-0.2, -0.15) is 19.1 Å². The Bertz CT molecular complexity index is 2090. The van der Waals surface area contributed by atoms with Crippen LogP contribution in [0.2, 0.25) is 0 Å². The summed E-state index contributed by atoms with van der Waals surface area (Å²) in [5.41, 5.74) is 3.23. The Hall–Kier alpha value is -5.99. The zero-order chi connectivity index (χ0) is 36.2. The average Bonchev–Trinajstić information content (AvgIpc) is 3.75. The Morgan fingerprint density at radius 2 is 1.73 bits per heavy atom.